The number of hydrogen-bond acceptors (Lipinski definition) is 5. The standard InChI is InChI=1S/C18H13N3OS2/c22-18(14-3-1-4-15-17(14)21-24-20-15)19-11-12-6-8-13(9-7-12)16-5-2-10-23-16/h1-10H,11H2,(H,19,22). The predicted molar refractivity (Wildman–Crippen MR) is 98.3 cm³/mol. The average Bonchev–Trinajstić information content (AvgIpc) is 3.31. The second-order valence-corrected chi connectivity index (χ2v) is 6.77. The highest BCUT2D eigenvalue weighted by Gasteiger charge is 2.12. The number of nitrogens with one attached hydrogen (secondary N) is 1. The Morgan fingerprint density at radius 2 is 1.88 bits per heavy atom. The smallest absolute Gasteiger partial charge is 0.253 e. The number of rotatable bonds is 4. The predicted octanol–water partition coefficient (Wildman–Crippen LogP) is 4.35. The second-order valence-electron chi connectivity index (χ2n) is 5.29. The van der Waals surface area contributed by atoms with Crippen molar-refractivity contribution in [2.75, 3.05) is 0 Å². The zero-order valence-corrected chi connectivity index (χ0v) is 14.2. The molecule has 4 nitrogen and oxygen atoms in total. The van der Waals surface area contributed by atoms with E-state index in [2.05, 4.69) is 37.6 Å². The van der Waals surface area contributed by atoms with E-state index in [0.717, 1.165) is 22.8 Å². The lowest BCUT2D eigenvalue weighted by atomic mass is 10.1. The van der Waals surface area contributed by atoms with Crippen LogP contribution in [-0.4, -0.2) is 14.7 Å². The van der Waals surface area contributed by atoms with Crippen LogP contribution in [-0.2, 0) is 6.54 Å². The van der Waals surface area contributed by atoms with Crippen LogP contribution in [0.2, 0.25) is 0 Å². The van der Waals surface area contributed by atoms with Gasteiger partial charge in [-0.1, -0.05) is 36.4 Å². The highest BCUT2D eigenvalue weighted by atomic mass is 32.1. The number of amides is 1. The van der Waals surface area contributed by atoms with E-state index in [4.69, 9.17) is 0 Å². The van der Waals surface area contributed by atoms with E-state index < -0.39 is 0 Å². The summed E-state index contributed by atoms with van der Waals surface area (Å²) in [4.78, 5) is 13.7. The molecule has 1 N–H and O–H groups in total. The molecule has 118 valence electrons. The van der Waals surface area contributed by atoms with Crippen LogP contribution < -0.4 is 5.32 Å². The molecule has 2 aromatic heterocycles. The van der Waals surface area contributed by atoms with Crippen molar-refractivity contribution in [3.8, 4) is 10.4 Å². The summed E-state index contributed by atoms with van der Waals surface area (Å²) in [5.74, 6) is -0.129. The Labute approximate surface area is 147 Å². The molecule has 2 heterocycles. The minimum absolute atomic E-state index is 0.129. The summed E-state index contributed by atoms with van der Waals surface area (Å²) < 4.78 is 8.37. The van der Waals surface area contributed by atoms with Crippen molar-refractivity contribution in [2.45, 2.75) is 6.54 Å². The molecule has 24 heavy (non-hydrogen) atoms. The number of carbonyl (C=O) groups is 1. The monoisotopic (exact) mass is 351 g/mol. The van der Waals surface area contributed by atoms with Gasteiger partial charge >= 0.3 is 0 Å². The fourth-order valence-corrected chi connectivity index (χ4v) is 3.78. The molecule has 0 bridgehead atoms. The summed E-state index contributed by atoms with van der Waals surface area (Å²) in [5.41, 5.74) is 4.24. The molecule has 6 heteroatoms. The number of thiophene rings is 1. The van der Waals surface area contributed by atoms with Gasteiger partial charge in [-0.15, -0.1) is 11.3 Å². The van der Waals surface area contributed by atoms with E-state index >= 15 is 0 Å². The molecule has 0 aliphatic carbocycles. The minimum atomic E-state index is -0.129. The quantitative estimate of drug-likeness (QED) is 0.595. The summed E-state index contributed by atoms with van der Waals surface area (Å²) in [6, 6.07) is 17.9. The van der Waals surface area contributed by atoms with Gasteiger partial charge in [0.2, 0.25) is 0 Å². The topological polar surface area (TPSA) is 54.9 Å². The maximum Gasteiger partial charge on any atom is 0.253 e. The van der Waals surface area contributed by atoms with Gasteiger partial charge in [-0.05, 0) is 34.7 Å². The first-order valence-electron chi connectivity index (χ1n) is 7.43. The Bertz CT molecular complexity index is 975. The molecular formula is C18H13N3OS2. The van der Waals surface area contributed by atoms with Crippen LogP contribution in [0, 0.1) is 0 Å². The van der Waals surface area contributed by atoms with E-state index in [1.54, 1.807) is 17.4 Å². The van der Waals surface area contributed by atoms with Crippen molar-refractivity contribution in [1.82, 2.24) is 14.1 Å². The molecule has 1 amide bonds. The van der Waals surface area contributed by atoms with Gasteiger partial charge in [0.25, 0.3) is 5.91 Å². The molecule has 0 spiro atoms. The van der Waals surface area contributed by atoms with Gasteiger partial charge in [-0.3, -0.25) is 4.79 Å². The molecular weight excluding hydrogens is 338 g/mol. The summed E-state index contributed by atoms with van der Waals surface area (Å²) in [6.07, 6.45) is 0. The first-order chi connectivity index (χ1) is 11.8. The first kappa shape index (κ1) is 15.0. The Hall–Kier alpha value is -2.57. The third-order valence-electron chi connectivity index (χ3n) is 3.74. The Morgan fingerprint density at radius 1 is 1.00 bits per heavy atom. The van der Waals surface area contributed by atoms with Crippen molar-refractivity contribution in [1.29, 1.82) is 0 Å². The number of benzene rings is 2. The van der Waals surface area contributed by atoms with Gasteiger partial charge in [0.05, 0.1) is 17.3 Å². The van der Waals surface area contributed by atoms with Gasteiger partial charge < -0.3 is 5.32 Å². The third-order valence-corrected chi connectivity index (χ3v) is 5.20. The van der Waals surface area contributed by atoms with Crippen LogP contribution >= 0.6 is 23.1 Å². The van der Waals surface area contributed by atoms with Gasteiger partial charge in [0.15, 0.2) is 0 Å². The van der Waals surface area contributed by atoms with Crippen molar-refractivity contribution in [3.05, 3.63) is 71.1 Å². The molecule has 4 rings (SSSR count). The SMILES string of the molecule is O=C(NCc1ccc(-c2cccs2)cc1)c1cccc2nsnc12. The van der Waals surface area contributed by atoms with Crippen molar-refractivity contribution in [2.24, 2.45) is 0 Å². The van der Waals surface area contributed by atoms with Crippen LogP contribution in [0.3, 0.4) is 0 Å². The molecule has 0 aliphatic rings. The summed E-state index contributed by atoms with van der Waals surface area (Å²) in [5, 5.41) is 5.02. The van der Waals surface area contributed by atoms with E-state index in [9.17, 15) is 4.79 Å². The fraction of sp³-hybridized carbons (Fsp3) is 0.0556. The summed E-state index contributed by atoms with van der Waals surface area (Å²) in [6.45, 7) is 0.484. The minimum Gasteiger partial charge on any atom is -0.348 e. The normalized spacial score (nSPS) is 10.8. The van der Waals surface area contributed by atoms with E-state index in [0.29, 0.717) is 17.6 Å². The van der Waals surface area contributed by atoms with Gasteiger partial charge in [0.1, 0.15) is 11.0 Å². The highest BCUT2D eigenvalue weighted by molar-refractivity contribution is 7.13. The Kier molecular flexibility index (Phi) is 4.06. The Balaban J connectivity index is 1.47. The zero-order valence-electron chi connectivity index (χ0n) is 12.6. The first-order valence-corrected chi connectivity index (χ1v) is 9.04. The molecule has 0 unspecified atom stereocenters. The molecule has 0 fully saturated rings. The summed E-state index contributed by atoms with van der Waals surface area (Å²) in [7, 11) is 0. The lowest BCUT2D eigenvalue weighted by Crippen LogP contribution is -2.23. The average molecular weight is 351 g/mol. The maximum atomic E-state index is 12.4. The molecule has 4 aromatic rings. The van der Waals surface area contributed by atoms with Gasteiger partial charge in [-0.25, -0.2) is 0 Å². The second kappa shape index (κ2) is 6.51. The van der Waals surface area contributed by atoms with E-state index in [-0.39, 0.29) is 5.91 Å². The van der Waals surface area contributed by atoms with Crippen molar-refractivity contribution in [3.63, 3.8) is 0 Å². The maximum absolute atomic E-state index is 12.4. The van der Waals surface area contributed by atoms with E-state index in [1.807, 2.05) is 30.3 Å². The largest absolute Gasteiger partial charge is 0.348 e. The molecule has 0 atom stereocenters. The zero-order chi connectivity index (χ0) is 16.4. The third kappa shape index (κ3) is 2.93. The lowest BCUT2D eigenvalue weighted by molar-refractivity contribution is 0.0952. The van der Waals surface area contributed by atoms with Crippen LogP contribution in [0.1, 0.15) is 15.9 Å². The van der Waals surface area contributed by atoms with Crippen molar-refractivity contribution < 1.29 is 4.79 Å². The molecule has 0 aliphatic heterocycles. The Morgan fingerprint density at radius 3 is 2.67 bits per heavy atom. The number of carbonyl (C=O) groups excluding carboxylic acids is 1. The number of aromatic nitrogens is 2. The van der Waals surface area contributed by atoms with Crippen LogP contribution in [0.25, 0.3) is 21.5 Å². The number of nitrogens with zero attached hydrogens (tertiary/aromatic N) is 2. The van der Waals surface area contributed by atoms with Gasteiger partial charge in [-0.2, -0.15) is 8.75 Å². The van der Waals surface area contributed by atoms with Gasteiger partial charge in [0, 0.05) is 11.4 Å². The highest BCUT2D eigenvalue weighted by Crippen LogP contribution is 2.24. The fourth-order valence-electron chi connectivity index (χ4n) is 2.50. The van der Waals surface area contributed by atoms with E-state index in [1.165, 1.54) is 10.4 Å². The van der Waals surface area contributed by atoms with Crippen molar-refractivity contribution >= 4 is 40.0 Å². The summed E-state index contributed by atoms with van der Waals surface area (Å²) >= 11 is 2.84. The number of hydrogen-bond donors (Lipinski definition) is 1. The number of fused-ring (bicyclic) bond motifs is 1. The van der Waals surface area contributed by atoms with Crippen LogP contribution in [0.4, 0.5) is 0 Å². The molecule has 0 radical (unpaired) electrons. The molecule has 0 saturated heterocycles. The molecule has 2 aromatic carbocycles. The molecule has 0 saturated carbocycles. The lowest BCUT2D eigenvalue weighted by Gasteiger charge is -2.06. The van der Waals surface area contributed by atoms with Crippen LogP contribution in [0.5, 0.6) is 0 Å². The van der Waals surface area contributed by atoms with Crippen LogP contribution in [0.15, 0.2) is 60.0 Å².